The Hall–Kier alpha value is -1.71. The van der Waals surface area contributed by atoms with Gasteiger partial charge in [0.1, 0.15) is 11.5 Å². The monoisotopic (exact) mass is 249 g/mol. The Kier molecular flexibility index (Phi) is 4.07. The largest absolute Gasteiger partial charge is 0.497 e. The molecule has 0 saturated heterocycles. The summed E-state index contributed by atoms with van der Waals surface area (Å²) in [4.78, 5) is 11.7. The number of hydrogen-bond donors (Lipinski definition) is 1. The van der Waals surface area contributed by atoms with Crippen LogP contribution in [-0.4, -0.2) is 25.7 Å². The van der Waals surface area contributed by atoms with Gasteiger partial charge in [-0.05, 0) is 49.9 Å². The smallest absolute Gasteiger partial charge is 0.260 e. The summed E-state index contributed by atoms with van der Waals surface area (Å²) in [7, 11) is 1.61. The van der Waals surface area contributed by atoms with Crippen LogP contribution >= 0.6 is 0 Å². The molecule has 1 unspecified atom stereocenters. The van der Waals surface area contributed by atoms with E-state index in [1.807, 2.05) is 12.1 Å². The van der Waals surface area contributed by atoms with Gasteiger partial charge in [-0.15, -0.1) is 0 Å². The number of carbonyl (C=O) groups is 1. The van der Waals surface area contributed by atoms with Crippen LogP contribution in [0.4, 0.5) is 0 Å². The highest BCUT2D eigenvalue weighted by Gasteiger charge is 2.23. The third-order valence-electron chi connectivity index (χ3n) is 3.00. The second-order valence-corrected chi connectivity index (χ2v) is 4.62. The van der Waals surface area contributed by atoms with E-state index in [4.69, 9.17) is 9.47 Å². The van der Waals surface area contributed by atoms with Gasteiger partial charge in [0.2, 0.25) is 0 Å². The highest BCUT2D eigenvalue weighted by Crippen LogP contribution is 2.27. The van der Waals surface area contributed by atoms with E-state index in [2.05, 4.69) is 5.32 Å². The minimum atomic E-state index is -0.475. The molecule has 1 aliphatic rings. The van der Waals surface area contributed by atoms with Gasteiger partial charge >= 0.3 is 0 Å². The van der Waals surface area contributed by atoms with Crippen molar-refractivity contribution in [2.45, 2.75) is 25.9 Å². The number of benzene rings is 1. The molecule has 1 aromatic carbocycles. The van der Waals surface area contributed by atoms with E-state index >= 15 is 0 Å². The first-order chi connectivity index (χ1) is 8.69. The van der Waals surface area contributed by atoms with Crippen LogP contribution in [0, 0.1) is 5.92 Å². The quantitative estimate of drug-likeness (QED) is 0.838. The Morgan fingerprint density at radius 2 is 1.94 bits per heavy atom. The van der Waals surface area contributed by atoms with Gasteiger partial charge in [0.25, 0.3) is 5.91 Å². The molecule has 2 rings (SSSR count). The van der Waals surface area contributed by atoms with Gasteiger partial charge < -0.3 is 14.8 Å². The van der Waals surface area contributed by atoms with Crippen molar-refractivity contribution in [2.75, 3.05) is 13.7 Å². The van der Waals surface area contributed by atoms with Crippen molar-refractivity contribution >= 4 is 5.91 Å². The predicted octanol–water partition coefficient (Wildman–Crippen LogP) is 1.99. The standard InChI is InChI=1S/C14H19NO3/c1-10(14(16)15-9-11-3-4-11)18-13-7-5-12(17-2)6-8-13/h5-8,10-11H,3-4,9H2,1-2H3,(H,15,16). The molecule has 1 amide bonds. The summed E-state index contributed by atoms with van der Waals surface area (Å²) < 4.78 is 10.6. The normalized spacial score (nSPS) is 15.9. The van der Waals surface area contributed by atoms with E-state index < -0.39 is 6.10 Å². The first kappa shape index (κ1) is 12.7. The summed E-state index contributed by atoms with van der Waals surface area (Å²) in [5, 5.41) is 2.90. The molecule has 0 heterocycles. The van der Waals surface area contributed by atoms with Gasteiger partial charge in [0, 0.05) is 6.54 Å². The molecule has 98 valence electrons. The fourth-order valence-electron chi connectivity index (χ4n) is 1.62. The fourth-order valence-corrected chi connectivity index (χ4v) is 1.62. The SMILES string of the molecule is COc1ccc(OC(C)C(=O)NCC2CC2)cc1. The Bertz CT molecular complexity index is 398. The van der Waals surface area contributed by atoms with Crippen LogP contribution in [0.5, 0.6) is 11.5 Å². The number of carbonyl (C=O) groups excluding carboxylic acids is 1. The number of ether oxygens (including phenoxy) is 2. The van der Waals surface area contributed by atoms with E-state index in [1.54, 1.807) is 26.2 Å². The maximum Gasteiger partial charge on any atom is 0.260 e. The third kappa shape index (κ3) is 3.65. The lowest BCUT2D eigenvalue weighted by molar-refractivity contribution is -0.127. The summed E-state index contributed by atoms with van der Waals surface area (Å²) in [6.07, 6.45) is 1.99. The zero-order chi connectivity index (χ0) is 13.0. The van der Waals surface area contributed by atoms with Crippen LogP contribution in [-0.2, 0) is 4.79 Å². The Labute approximate surface area is 107 Å². The Morgan fingerprint density at radius 1 is 1.33 bits per heavy atom. The Balaban J connectivity index is 1.80. The maximum absolute atomic E-state index is 11.7. The zero-order valence-corrected chi connectivity index (χ0v) is 10.8. The first-order valence-corrected chi connectivity index (χ1v) is 6.27. The van der Waals surface area contributed by atoms with Crippen molar-refractivity contribution < 1.29 is 14.3 Å². The predicted molar refractivity (Wildman–Crippen MR) is 68.8 cm³/mol. The van der Waals surface area contributed by atoms with Gasteiger partial charge in [-0.25, -0.2) is 0 Å². The minimum absolute atomic E-state index is 0.0577. The molecule has 4 nitrogen and oxygen atoms in total. The number of nitrogens with one attached hydrogen (secondary N) is 1. The lowest BCUT2D eigenvalue weighted by Crippen LogP contribution is -2.37. The second kappa shape index (κ2) is 5.76. The topological polar surface area (TPSA) is 47.6 Å². The molecule has 18 heavy (non-hydrogen) atoms. The van der Waals surface area contributed by atoms with Crippen molar-refractivity contribution in [3.8, 4) is 11.5 Å². The van der Waals surface area contributed by atoms with Crippen molar-refractivity contribution in [1.29, 1.82) is 0 Å². The molecule has 1 aliphatic carbocycles. The van der Waals surface area contributed by atoms with Crippen LogP contribution in [0.15, 0.2) is 24.3 Å². The van der Waals surface area contributed by atoms with E-state index in [9.17, 15) is 4.79 Å². The van der Waals surface area contributed by atoms with Crippen LogP contribution < -0.4 is 14.8 Å². The summed E-state index contributed by atoms with van der Waals surface area (Å²) in [6.45, 7) is 2.53. The summed E-state index contributed by atoms with van der Waals surface area (Å²) in [5.41, 5.74) is 0. The number of hydrogen-bond acceptors (Lipinski definition) is 3. The molecular weight excluding hydrogens is 230 g/mol. The molecule has 1 N–H and O–H groups in total. The van der Waals surface area contributed by atoms with Crippen molar-refractivity contribution in [3.63, 3.8) is 0 Å². The number of methoxy groups -OCH3 is 1. The molecule has 0 bridgehead atoms. The molecule has 0 radical (unpaired) electrons. The fraction of sp³-hybridized carbons (Fsp3) is 0.500. The van der Waals surface area contributed by atoms with Crippen molar-refractivity contribution in [3.05, 3.63) is 24.3 Å². The number of amides is 1. The second-order valence-electron chi connectivity index (χ2n) is 4.62. The first-order valence-electron chi connectivity index (χ1n) is 6.27. The molecule has 0 aromatic heterocycles. The molecule has 1 saturated carbocycles. The van der Waals surface area contributed by atoms with E-state index in [0.717, 1.165) is 12.3 Å². The van der Waals surface area contributed by atoms with E-state index in [-0.39, 0.29) is 5.91 Å². The molecule has 1 aromatic rings. The lowest BCUT2D eigenvalue weighted by Gasteiger charge is -2.14. The van der Waals surface area contributed by atoms with Gasteiger partial charge in [0.15, 0.2) is 6.10 Å². The highest BCUT2D eigenvalue weighted by molar-refractivity contribution is 5.80. The number of rotatable bonds is 6. The minimum Gasteiger partial charge on any atom is -0.497 e. The van der Waals surface area contributed by atoms with Crippen LogP contribution in [0.3, 0.4) is 0 Å². The lowest BCUT2D eigenvalue weighted by atomic mass is 10.3. The molecular formula is C14H19NO3. The van der Waals surface area contributed by atoms with Crippen molar-refractivity contribution in [2.24, 2.45) is 5.92 Å². The summed E-state index contributed by atoms with van der Waals surface area (Å²) in [6, 6.07) is 7.21. The van der Waals surface area contributed by atoms with Gasteiger partial charge in [-0.3, -0.25) is 4.79 Å². The molecule has 4 heteroatoms. The van der Waals surface area contributed by atoms with Gasteiger partial charge in [-0.1, -0.05) is 0 Å². The van der Waals surface area contributed by atoms with Gasteiger partial charge in [-0.2, -0.15) is 0 Å². The van der Waals surface area contributed by atoms with Crippen LogP contribution in [0.1, 0.15) is 19.8 Å². The summed E-state index contributed by atoms with van der Waals surface area (Å²) >= 11 is 0. The van der Waals surface area contributed by atoms with E-state index in [0.29, 0.717) is 11.7 Å². The Morgan fingerprint density at radius 3 is 2.50 bits per heavy atom. The average Bonchev–Trinajstić information content (AvgIpc) is 3.21. The molecule has 0 spiro atoms. The van der Waals surface area contributed by atoms with E-state index in [1.165, 1.54) is 12.8 Å². The third-order valence-corrected chi connectivity index (χ3v) is 3.00. The molecule has 0 aliphatic heterocycles. The highest BCUT2D eigenvalue weighted by atomic mass is 16.5. The van der Waals surface area contributed by atoms with Gasteiger partial charge in [0.05, 0.1) is 7.11 Å². The average molecular weight is 249 g/mol. The van der Waals surface area contributed by atoms with Crippen molar-refractivity contribution in [1.82, 2.24) is 5.32 Å². The molecule has 1 fully saturated rings. The van der Waals surface area contributed by atoms with Crippen LogP contribution in [0.25, 0.3) is 0 Å². The van der Waals surface area contributed by atoms with Crippen LogP contribution in [0.2, 0.25) is 0 Å². The summed E-state index contributed by atoms with van der Waals surface area (Å²) in [5.74, 6) is 2.07. The maximum atomic E-state index is 11.7. The zero-order valence-electron chi connectivity index (χ0n) is 10.8. The molecule has 1 atom stereocenters.